The monoisotopic (exact) mass is 290 g/mol. The topological polar surface area (TPSA) is 29.3 Å². The number of halogens is 2. The molecule has 0 aliphatic rings. The Labute approximate surface area is 124 Å². The summed E-state index contributed by atoms with van der Waals surface area (Å²) in [5.74, 6) is -0.877. The molecule has 0 heterocycles. The second kappa shape index (κ2) is 6.78. The number of benzene rings is 2. The summed E-state index contributed by atoms with van der Waals surface area (Å²) in [5.41, 5.74) is 8.40. The van der Waals surface area contributed by atoms with E-state index in [1.165, 1.54) is 11.6 Å². The summed E-state index contributed by atoms with van der Waals surface area (Å²) in [5, 5.41) is 0. The van der Waals surface area contributed by atoms with Crippen molar-refractivity contribution in [2.24, 2.45) is 5.73 Å². The molecule has 1 atom stereocenters. The van der Waals surface area contributed by atoms with Gasteiger partial charge in [-0.05, 0) is 43.3 Å². The largest absolute Gasteiger partial charge is 0.329 e. The summed E-state index contributed by atoms with van der Waals surface area (Å²) < 4.78 is 27.3. The van der Waals surface area contributed by atoms with Crippen LogP contribution in [0.25, 0.3) is 0 Å². The van der Waals surface area contributed by atoms with E-state index in [9.17, 15) is 8.78 Å². The zero-order valence-corrected chi connectivity index (χ0v) is 12.3. The molecular weight excluding hydrogens is 270 g/mol. The molecule has 0 aliphatic heterocycles. The maximum absolute atomic E-state index is 13.9. The third-order valence-corrected chi connectivity index (χ3v) is 3.75. The van der Waals surface area contributed by atoms with E-state index in [0.717, 1.165) is 17.7 Å². The van der Waals surface area contributed by atoms with Crippen LogP contribution in [0.15, 0.2) is 42.5 Å². The Hall–Kier alpha value is -1.78. The average Bonchev–Trinajstić information content (AvgIpc) is 2.46. The Morgan fingerprint density at radius 1 is 1.14 bits per heavy atom. The van der Waals surface area contributed by atoms with Gasteiger partial charge in [0.05, 0.1) is 6.04 Å². The van der Waals surface area contributed by atoms with Gasteiger partial charge in [-0.15, -0.1) is 0 Å². The van der Waals surface area contributed by atoms with Crippen molar-refractivity contribution in [2.45, 2.75) is 19.5 Å². The molecule has 2 aromatic carbocycles. The maximum atomic E-state index is 13.9. The minimum absolute atomic E-state index is 0.225. The molecule has 21 heavy (non-hydrogen) atoms. The van der Waals surface area contributed by atoms with E-state index in [2.05, 4.69) is 0 Å². The van der Waals surface area contributed by atoms with Crippen molar-refractivity contribution in [3.8, 4) is 0 Å². The van der Waals surface area contributed by atoms with E-state index in [1.807, 2.05) is 43.1 Å². The molecule has 0 saturated carbocycles. The summed E-state index contributed by atoms with van der Waals surface area (Å²) >= 11 is 0. The number of hydrogen-bond acceptors (Lipinski definition) is 2. The van der Waals surface area contributed by atoms with Crippen LogP contribution in [0, 0.1) is 18.6 Å². The lowest BCUT2D eigenvalue weighted by Crippen LogP contribution is -2.31. The molecule has 1 unspecified atom stereocenters. The fourth-order valence-corrected chi connectivity index (χ4v) is 2.48. The van der Waals surface area contributed by atoms with Crippen LogP contribution in [-0.2, 0) is 6.54 Å². The molecule has 2 nitrogen and oxygen atoms in total. The van der Waals surface area contributed by atoms with Crippen molar-refractivity contribution in [1.82, 2.24) is 4.90 Å². The van der Waals surface area contributed by atoms with Crippen LogP contribution in [0.4, 0.5) is 8.78 Å². The minimum Gasteiger partial charge on any atom is -0.329 e. The molecule has 0 bridgehead atoms. The van der Waals surface area contributed by atoms with Gasteiger partial charge in [-0.2, -0.15) is 0 Å². The van der Waals surface area contributed by atoms with E-state index in [-0.39, 0.29) is 12.6 Å². The first-order chi connectivity index (χ1) is 10.0. The molecule has 0 saturated heterocycles. The molecule has 2 aromatic rings. The summed E-state index contributed by atoms with van der Waals surface area (Å²) in [6.45, 7) is 2.89. The number of likely N-dealkylation sites (N-methyl/N-ethyl adjacent to an activating group) is 1. The number of aryl methyl sites for hydroxylation is 1. The quantitative estimate of drug-likeness (QED) is 0.914. The van der Waals surface area contributed by atoms with E-state index >= 15 is 0 Å². The molecule has 0 aromatic heterocycles. The zero-order valence-electron chi connectivity index (χ0n) is 12.3. The Morgan fingerprint density at radius 2 is 1.86 bits per heavy atom. The van der Waals surface area contributed by atoms with Gasteiger partial charge in [0.15, 0.2) is 0 Å². The maximum Gasteiger partial charge on any atom is 0.128 e. The lowest BCUT2D eigenvalue weighted by molar-refractivity contribution is 0.235. The van der Waals surface area contributed by atoms with Crippen molar-refractivity contribution >= 4 is 0 Å². The Morgan fingerprint density at radius 3 is 2.52 bits per heavy atom. The normalized spacial score (nSPS) is 12.7. The van der Waals surface area contributed by atoms with E-state index in [4.69, 9.17) is 5.73 Å². The van der Waals surface area contributed by atoms with E-state index < -0.39 is 11.6 Å². The van der Waals surface area contributed by atoms with Gasteiger partial charge in [-0.3, -0.25) is 4.90 Å². The van der Waals surface area contributed by atoms with Crippen molar-refractivity contribution in [1.29, 1.82) is 0 Å². The third-order valence-electron chi connectivity index (χ3n) is 3.75. The van der Waals surface area contributed by atoms with Crippen molar-refractivity contribution in [2.75, 3.05) is 13.6 Å². The van der Waals surface area contributed by atoms with E-state index in [1.54, 1.807) is 0 Å². The highest BCUT2D eigenvalue weighted by Crippen LogP contribution is 2.24. The number of hydrogen-bond donors (Lipinski definition) is 1. The molecule has 0 amide bonds. The van der Waals surface area contributed by atoms with Gasteiger partial charge in [0.2, 0.25) is 0 Å². The molecule has 0 aliphatic carbocycles. The zero-order chi connectivity index (χ0) is 15.4. The first kappa shape index (κ1) is 15.6. The van der Waals surface area contributed by atoms with Gasteiger partial charge < -0.3 is 5.73 Å². The molecule has 2 N–H and O–H groups in total. The number of nitrogens with two attached hydrogens (primary N) is 1. The van der Waals surface area contributed by atoms with Gasteiger partial charge in [0.1, 0.15) is 11.6 Å². The fourth-order valence-electron chi connectivity index (χ4n) is 2.48. The lowest BCUT2D eigenvalue weighted by Gasteiger charge is -2.28. The van der Waals surface area contributed by atoms with Gasteiger partial charge in [0, 0.05) is 18.7 Å². The molecule has 0 fully saturated rings. The lowest BCUT2D eigenvalue weighted by atomic mass is 10.0. The van der Waals surface area contributed by atoms with Crippen LogP contribution < -0.4 is 5.73 Å². The van der Waals surface area contributed by atoms with Crippen LogP contribution >= 0.6 is 0 Å². The standard InChI is InChI=1S/C17H20F2N2/c1-12-5-3-4-6-13(12)11-21(2)17(10-20)15-9-14(18)7-8-16(15)19/h3-9,17H,10-11,20H2,1-2H3. The van der Waals surface area contributed by atoms with Gasteiger partial charge in [-0.25, -0.2) is 8.78 Å². The SMILES string of the molecule is Cc1ccccc1CN(C)C(CN)c1cc(F)ccc1F. The van der Waals surface area contributed by atoms with Crippen LogP contribution in [0.2, 0.25) is 0 Å². The summed E-state index contributed by atoms with van der Waals surface area (Å²) in [6, 6.07) is 11.1. The molecular formula is C17H20F2N2. The van der Waals surface area contributed by atoms with Crippen LogP contribution in [0.1, 0.15) is 22.7 Å². The molecule has 0 radical (unpaired) electrons. The summed E-state index contributed by atoms with van der Waals surface area (Å²) in [6.07, 6.45) is 0. The van der Waals surface area contributed by atoms with Crippen molar-refractivity contribution in [3.05, 3.63) is 70.8 Å². The first-order valence-corrected chi connectivity index (χ1v) is 6.92. The smallest absolute Gasteiger partial charge is 0.128 e. The molecule has 112 valence electrons. The highest BCUT2D eigenvalue weighted by Gasteiger charge is 2.20. The third kappa shape index (κ3) is 3.65. The van der Waals surface area contributed by atoms with Gasteiger partial charge in [0.25, 0.3) is 0 Å². The van der Waals surface area contributed by atoms with E-state index in [0.29, 0.717) is 12.1 Å². The van der Waals surface area contributed by atoms with Crippen LogP contribution in [0.5, 0.6) is 0 Å². The highest BCUT2D eigenvalue weighted by atomic mass is 19.1. The predicted molar refractivity (Wildman–Crippen MR) is 80.8 cm³/mol. The molecule has 2 rings (SSSR count). The van der Waals surface area contributed by atoms with Crippen molar-refractivity contribution < 1.29 is 8.78 Å². The Kier molecular flexibility index (Phi) is 5.04. The molecule has 4 heteroatoms. The summed E-state index contributed by atoms with van der Waals surface area (Å²) in [7, 11) is 1.87. The number of nitrogens with zero attached hydrogens (tertiary/aromatic N) is 1. The van der Waals surface area contributed by atoms with Crippen LogP contribution in [-0.4, -0.2) is 18.5 Å². The number of rotatable bonds is 5. The van der Waals surface area contributed by atoms with Gasteiger partial charge in [-0.1, -0.05) is 24.3 Å². The van der Waals surface area contributed by atoms with Gasteiger partial charge >= 0.3 is 0 Å². The Balaban J connectivity index is 2.25. The Bertz CT molecular complexity index is 613. The highest BCUT2D eigenvalue weighted by molar-refractivity contribution is 5.27. The fraction of sp³-hybridized carbons (Fsp3) is 0.294. The average molecular weight is 290 g/mol. The predicted octanol–water partition coefficient (Wildman–Crippen LogP) is 3.41. The van der Waals surface area contributed by atoms with Crippen molar-refractivity contribution in [3.63, 3.8) is 0 Å². The molecule has 0 spiro atoms. The minimum atomic E-state index is -0.450. The summed E-state index contributed by atoms with van der Waals surface area (Å²) in [4.78, 5) is 1.94. The second-order valence-electron chi connectivity index (χ2n) is 5.26. The van der Waals surface area contributed by atoms with Crippen LogP contribution in [0.3, 0.4) is 0 Å². The first-order valence-electron chi connectivity index (χ1n) is 6.92. The second-order valence-corrected chi connectivity index (χ2v) is 5.26.